The fourth-order valence-corrected chi connectivity index (χ4v) is 10.5. The van der Waals surface area contributed by atoms with Gasteiger partial charge in [0, 0.05) is 42.8 Å². The molecule has 1 aromatic heterocycles. The van der Waals surface area contributed by atoms with Crippen molar-refractivity contribution in [2.75, 3.05) is 4.90 Å². The molecule has 57 heavy (non-hydrogen) atoms. The molecule has 11 rings (SSSR count). The molecule has 9 aromatic carbocycles. The SMILES string of the molecule is c1ccc(-c2ccc(N(c3ccc(-c4ccccc4)cc3)c3ccc4c(c3)C(c3ccccc3)(c3ccccc3)c3ccc5c(sc6ccccc65)c3-4)cc2)cc1. The van der Waals surface area contributed by atoms with Crippen LogP contribution in [0.3, 0.4) is 0 Å². The number of fused-ring (bicyclic) bond motifs is 7. The van der Waals surface area contributed by atoms with Crippen LogP contribution in [0.1, 0.15) is 22.3 Å². The quantitative estimate of drug-likeness (QED) is 0.157. The summed E-state index contributed by atoms with van der Waals surface area (Å²) in [4.78, 5) is 2.42. The summed E-state index contributed by atoms with van der Waals surface area (Å²) >= 11 is 1.91. The number of nitrogens with zero attached hydrogens (tertiary/aromatic N) is 1. The van der Waals surface area contributed by atoms with Gasteiger partial charge in [0.1, 0.15) is 0 Å². The average Bonchev–Trinajstić information content (AvgIpc) is 3.82. The van der Waals surface area contributed by atoms with Crippen LogP contribution in [0.4, 0.5) is 17.1 Å². The normalized spacial score (nSPS) is 12.7. The molecule has 0 fully saturated rings. The molecule has 0 saturated carbocycles. The molecule has 0 unspecified atom stereocenters. The van der Waals surface area contributed by atoms with E-state index in [-0.39, 0.29) is 0 Å². The second-order valence-corrected chi connectivity index (χ2v) is 15.9. The van der Waals surface area contributed by atoms with E-state index in [1.54, 1.807) is 0 Å². The highest BCUT2D eigenvalue weighted by Gasteiger charge is 2.47. The molecule has 268 valence electrons. The number of hydrogen-bond acceptors (Lipinski definition) is 2. The van der Waals surface area contributed by atoms with Gasteiger partial charge >= 0.3 is 0 Å². The van der Waals surface area contributed by atoms with E-state index in [0.717, 1.165) is 17.1 Å². The van der Waals surface area contributed by atoms with Crippen molar-refractivity contribution in [2.24, 2.45) is 0 Å². The van der Waals surface area contributed by atoms with Crippen molar-refractivity contribution < 1.29 is 0 Å². The molecule has 0 atom stereocenters. The van der Waals surface area contributed by atoms with Crippen LogP contribution in [-0.2, 0) is 5.41 Å². The third kappa shape index (κ3) is 5.37. The average molecular weight is 744 g/mol. The fourth-order valence-electron chi connectivity index (χ4n) is 9.19. The Labute approximate surface area is 337 Å². The second-order valence-electron chi connectivity index (χ2n) is 14.8. The molecule has 0 amide bonds. The summed E-state index contributed by atoms with van der Waals surface area (Å²) in [7, 11) is 0. The Hall–Kier alpha value is -7.00. The number of hydrogen-bond donors (Lipinski definition) is 0. The van der Waals surface area contributed by atoms with Crippen molar-refractivity contribution in [3.05, 3.63) is 247 Å². The van der Waals surface area contributed by atoms with Gasteiger partial charge in [0.05, 0.1) is 5.41 Å². The molecular weight excluding hydrogens is 707 g/mol. The topological polar surface area (TPSA) is 3.24 Å². The highest BCUT2D eigenvalue weighted by Crippen LogP contribution is 2.60. The first-order valence-corrected chi connectivity index (χ1v) is 20.4. The van der Waals surface area contributed by atoms with Gasteiger partial charge in [-0.25, -0.2) is 0 Å². The molecule has 2 heteroatoms. The summed E-state index contributed by atoms with van der Waals surface area (Å²) < 4.78 is 2.67. The van der Waals surface area contributed by atoms with Crippen molar-refractivity contribution in [3.8, 4) is 33.4 Å². The summed E-state index contributed by atoms with van der Waals surface area (Å²) in [5.74, 6) is 0. The summed E-state index contributed by atoms with van der Waals surface area (Å²) in [6.45, 7) is 0. The van der Waals surface area contributed by atoms with E-state index in [2.05, 4.69) is 229 Å². The molecule has 10 aromatic rings. The first-order chi connectivity index (χ1) is 28.3. The summed E-state index contributed by atoms with van der Waals surface area (Å²) in [5.41, 5.74) is 15.4. The lowest BCUT2D eigenvalue weighted by Gasteiger charge is -2.35. The van der Waals surface area contributed by atoms with E-state index in [1.165, 1.54) is 75.8 Å². The van der Waals surface area contributed by atoms with Crippen LogP contribution in [0, 0.1) is 0 Å². The van der Waals surface area contributed by atoms with E-state index < -0.39 is 5.41 Å². The Kier molecular flexibility index (Phi) is 7.98. The van der Waals surface area contributed by atoms with Gasteiger partial charge in [-0.3, -0.25) is 0 Å². The third-order valence-electron chi connectivity index (χ3n) is 11.8. The van der Waals surface area contributed by atoms with E-state index in [0.29, 0.717) is 0 Å². The first-order valence-electron chi connectivity index (χ1n) is 19.6. The minimum atomic E-state index is -0.534. The molecule has 0 bridgehead atoms. The molecule has 0 spiro atoms. The van der Waals surface area contributed by atoms with Gasteiger partial charge in [-0.2, -0.15) is 0 Å². The maximum absolute atomic E-state index is 2.48. The van der Waals surface area contributed by atoms with Crippen molar-refractivity contribution >= 4 is 48.6 Å². The number of thiophene rings is 1. The van der Waals surface area contributed by atoms with Crippen molar-refractivity contribution in [3.63, 3.8) is 0 Å². The molecule has 1 nitrogen and oxygen atoms in total. The molecule has 1 aliphatic rings. The molecular formula is C55H37NS. The second kappa shape index (κ2) is 13.6. The van der Waals surface area contributed by atoms with E-state index in [4.69, 9.17) is 0 Å². The number of benzene rings is 9. The van der Waals surface area contributed by atoms with Gasteiger partial charge < -0.3 is 4.90 Å². The summed E-state index contributed by atoms with van der Waals surface area (Å²) in [5, 5.41) is 2.64. The van der Waals surface area contributed by atoms with Crippen LogP contribution in [0.25, 0.3) is 53.6 Å². The molecule has 1 aliphatic carbocycles. The van der Waals surface area contributed by atoms with E-state index in [1.807, 2.05) is 11.3 Å². The molecule has 0 radical (unpaired) electrons. The van der Waals surface area contributed by atoms with Crippen LogP contribution < -0.4 is 4.90 Å². The van der Waals surface area contributed by atoms with Crippen molar-refractivity contribution in [2.45, 2.75) is 5.41 Å². The zero-order valence-corrected chi connectivity index (χ0v) is 32.0. The summed E-state index contributed by atoms with van der Waals surface area (Å²) in [6, 6.07) is 82.4. The lowest BCUT2D eigenvalue weighted by atomic mass is 9.67. The number of anilines is 3. The van der Waals surface area contributed by atoms with Crippen molar-refractivity contribution in [1.82, 2.24) is 0 Å². The third-order valence-corrected chi connectivity index (χ3v) is 13.0. The van der Waals surface area contributed by atoms with Gasteiger partial charge in [-0.05, 0) is 92.5 Å². The van der Waals surface area contributed by atoms with Crippen LogP contribution in [-0.4, -0.2) is 0 Å². The lowest BCUT2D eigenvalue weighted by Crippen LogP contribution is -2.28. The zero-order valence-electron chi connectivity index (χ0n) is 31.2. The molecule has 1 heterocycles. The van der Waals surface area contributed by atoms with Gasteiger partial charge in [0.2, 0.25) is 0 Å². The van der Waals surface area contributed by atoms with E-state index in [9.17, 15) is 0 Å². The van der Waals surface area contributed by atoms with Gasteiger partial charge in [0.25, 0.3) is 0 Å². The lowest BCUT2D eigenvalue weighted by molar-refractivity contribution is 0.769. The Bertz CT molecular complexity index is 2900. The Morgan fingerprint density at radius 2 is 0.825 bits per heavy atom. The monoisotopic (exact) mass is 743 g/mol. The predicted octanol–water partition coefficient (Wildman–Crippen LogP) is 15.2. The predicted molar refractivity (Wildman–Crippen MR) is 242 cm³/mol. The minimum absolute atomic E-state index is 0.534. The van der Waals surface area contributed by atoms with Crippen molar-refractivity contribution in [1.29, 1.82) is 0 Å². The summed E-state index contributed by atoms with van der Waals surface area (Å²) in [6.07, 6.45) is 0. The Balaban J connectivity index is 1.17. The van der Waals surface area contributed by atoms with Gasteiger partial charge in [-0.15, -0.1) is 11.3 Å². The van der Waals surface area contributed by atoms with E-state index >= 15 is 0 Å². The number of rotatable bonds is 7. The Morgan fingerprint density at radius 3 is 1.39 bits per heavy atom. The van der Waals surface area contributed by atoms with Gasteiger partial charge in [0.15, 0.2) is 0 Å². The maximum atomic E-state index is 2.48. The highest BCUT2D eigenvalue weighted by atomic mass is 32.1. The van der Waals surface area contributed by atoms with Gasteiger partial charge in [-0.1, -0.05) is 182 Å². The van der Waals surface area contributed by atoms with Crippen LogP contribution in [0.2, 0.25) is 0 Å². The fraction of sp³-hybridized carbons (Fsp3) is 0.0182. The van der Waals surface area contributed by atoms with Crippen LogP contribution >= 0.6 is 11.3 Å². The molecule has 0 saturated heterocycles. The highest BCUT2D eigenvalue weighted by molar-refractivity contribution is 7.26. The smallest absolute Gasteiger partial charge is 0.0714 e. The Morgan fingerprint density at radius 1 is 0.351 bits per heavy atom. The van der Waals surface area contributed by atoms with Crippen LogP contribution in [0.5, 0.6) is 0 Å². The molecule has 0 aliphatic heterocycles. The minimum Gasteiger partial charge on any atom is -0.310 e. The standard InChI is InChI=1S/C55H37NS/c1-5-15-38(16-6-1)40-25-29-44(30-26-40)56(45-31-27-41(28-32-45)39-17-7-2-8-18-39)46-33-34-49-51(37-46)55(42-19-9-3-10-20-42,43-21-11-4-12-22-43)50-36-35-48-47-23-13-14-24-52(47)57-54(48)53(49)50/h1-37H. The maximum Gasteiger partial charge on any atom is 0.0714 e. The molecule has 0 N–H and O–H groups in total. The largest absolute Gasteiger partial charge is 0.310 e. The first kappa shape index (κ1) is 33.3. The zero-order chi connectivity index (χ0) is 37.8. The van der Waals surface area contributed by atoms with Crippen LogP contribution in [0.15, 0.2) is 224 Å².